The van der Waals surface area contributed by atoms with Crippen molar-refractivity contribution in [2.75, 3.05) is 6.61 Å². The summed E-state index contributed by atoms with van der Waals surface area (Å²) in [6, 6.07) is 6.19. The molecule has 0 N–H and O–H groups in total. The first-order valence-corrected chi connectivity index (χ1v) is 6.05. The fraction of sp³-hybridized carbons (Fsp3) is 0.214. The van der Waals surface area contributed by atoms with Gasteiger partial charge in [-0.2, -0.15) is 0 Å². The van der Waals surface area contributed by atoms with Gasteiger partial charge in [0.2, 0.25) is 0 Å². The predicted molar refractivity (Wildman–Crippen MR) is 71.5 cm³/mol. The third-order valence-electron chi connectivity index (χ3n) is 2.85. The van der Waals surface area contributed by atoms with Crippen molar-refractivity contribution in [3.8, 4) is 11.1 Å². The number of rotatable bonds is 4. The number of para-hydroxylation sites is 1. The van der Waals surface area contributed by atoms with E-state index in [2.05, 4.69) is 0 Å². The van der Waals surface area contributed by atoms with Gasteiger partial charge in [0.15, 0.2) is 0 Å². The zero-order valence-corrected chi connectivity index (χ0v) is 11.1. The van der Waals surface area contributed by atoms with Crippen LogP contribution in [0.15, 0.2) is 34.9 Å². The Balaban J connectivity index is 2.60. The third kappa shape index (κ3) is 2.40. The van der Waals surface area contributed by atoms with Crippen molar-refractivity contribution in [1.29, 1.82) is 0 Å². The topological polar surface area (TPSA) is 82.6 Å². The summed E-state index contributed by atoms with van der Waals surface area (Å²) in [5.41, 5.74) is 0.839. The highest BCUT2D eigenvalue weighted by atomic mass is 16.6. The molecule has 2 rings (SSSR count). The van der Waals surface area contributed by atoms with Crippen molar-refractivity contribution in [3.05, 3.63) is 52.0 Å². The highest BCUT2D eigenvalue weighted by Gasteiger charge is 2.25. The molecule has 0 aliphatic rings. The molecule has 0 fully saturated rings. The Kier molecular flexibility index (Phi) is 3.84. The lowest BCUT2D eigenvalue weighted by Crippen LogP contribution is -2.06. The predicted octanol–water partition coefficient (Wildman–Crippen LogP) is 3.34. The number of hydrogen-bond donors (Lipinski definition) is 0. The summed E-state index contributed by atoms with van der Waals surface area (Å²) in [5.74, 6) is -0.177. The fourth-order valence-corrected chi connectivity index (χ4v) is 1.97. The van der Waals surface area contributed by atoms with E-state index in [1.807, 2.05) is 0 Å². The minimum Gasteiger partial charge on any atom is -0.468 e. The highest BCUT2D eigenvalue weighted by Crippen LogP contribution is 2.34. The number of hydrogen-bond acceptors (Lipinski definition) is 5. The lowest BCUT2D eigenvalue weighted by atomic mass is 10.0. The minimum absolute atomic E-state index is 0.0844. The molecule has 1 aromatic heterocycles. The molecule has 0 spiro atoms. The van der Waals surface area contributed by atoms with Crippen LogP contribution in [0.25, 0.3) is 11.1 Å². The maximum atomic E-state index is 11.9. The Morgan fingerprint density at radius 2 is 2.05 bits per heavy atom. The number of carbonyl (C=O) groups is 1. The first-order valence-electron chi connectivity index (χ1n) is 6.05. The lowest BCUT2D eigenvalue weighted by molar-refractivity contribution is -0.384. The number of nitrogens with zero attached hydrogens (tertiary/aromatic N) is 1. The van der Waals surface area contributed by atoms with E-state index in [1.165, 1.54) is 12.3 Å². The van der Waals surface area contributed by atoms with Crippen molar-refractivity contribution in [2.45, 2.75) is 13.8 Å². The molecule has 0 amide bonds. The largest absolute Gasteiger partial charge is 0.468 e. The molecule has 0 aliphatic heterocycles. The standard InChI is InChI=1S/C14H13NO5/c1-3-19-14(16)13-9(2)20-8-11(13)10-6-4-5-7-12(10)15(17)18/h4-8H,3H2,1-2H3. The number of aryl methyl sites for hydroxylation is 1. The molecular weight excluding hydrogens is 262 g/mol. The summed E-state index contributed by atoms with van der Waals surface area (Å²) >= 11 is 0. The second-order valence-electron chi connectivity index (χ2n) is 4.08. The van der Waals surface area contributed by atoms with Gasteiger partial charge in [-0.3, -0.25) is 10.1 Å². The van der Waals surface area contributed by atoms with Crippen molar-refractivity contribution in [2.24, 2.45) is 0 Å². The van der Waals surface area contributed by atoms with Crippen molar-refractivity contribution < 1.29 is 18.9 Å². The molecule has 0 atom stereocenters. The van der Waals surface area contributed by atoms with Gasteiger partial charge in [0.05, 0.1) is 23.4 Å². The summed E-state index contributed by atoms with van der Waals surface area (Å²) in [7, 11) is 0. The van der Waals surface area contributed by atoms with E-state index in [1.54, 1.807) is 32.0 Å². The molecule has 1 aromatic carbocycles. The van der Waals surface area contributed by atoms with Gasteiger partial charge in [-0.1, -0.05) is 12.1 Å². The maximum absolute atomic E-state index is 11.9. The van der Waals surface area contributed by atoms with Crippen LogP contribution in [-0.2, 0) is 4.74 Å². The normalized spacial score (nSPS) is 10.3. The smallest absolute Gasteiger partial charge is 0.342 e. The van der Waals surface area contributed by atoms with Crippen LogP contribution >= 0.6 is 0 Å². The van der Waals surface area contributed by atoms with Gasteiger partial charge in [0.25, 0.3) is 5.69 Å². The summed E-state index contributed by atoms with van der Waals surface area (Å²) in [6.07, 6.45) is 1.34. The molecule has 6 heteroatoms. The number of benzene rings is 1. The molecule has 6 nitrogen and oxygen atoms in total. The van der Waals surface area contributed by atoms with Crippen molar-refractivity contribution >= 4 is 11.7 Å². The third-order valence-corrected chi connectivity index (χ3v) is 2.85. The zero-order valence-electron chi connectivity index (χ0n) is 11.1. The molecule has 104 valence electrons. The Labute approximate surface area is 115 Å². The lowest BCUT2D eigenvalue weighted by Gasteiger charge is -2.04. The first-order chi connectivity index (χ1) is 9.56. The summed E-state index contributed by atoms with van der Waals surface area (Å²) in [6.45, 7) is 3.53. The number of nitro benzene ring substituents is 1. The van der Waals surface area contributed by atoms with Crippen LogP contribution in [0.1, 0.15) is 23.0 Å². The van der Waals surface area contributed by atoms with Crippen LogP contribution in [0.4, 0.5) is 5.69 Å². The van der Waals surface area contributed by atoms with Gasteiger partial charge >= 0.3 is 5.97 Å². The van der Waals surface area contributed by atoms with Gasteiger partial charge < -0.3 is 9.15 Å². The molecule has 20 heavy (non-hydrogen) atoms. The van der Waals surface area contributed by atoms with Crippen LogP contribution in [0, 0.1) is 17.0 Å². The van der Waals surface area contributed by atoms with Gasteiger partial charge in [0.1, 0.15) is 11.3 Å². The number of furan rings is 1. The van der Waals surface area contributed by atoms with Crippen LogP contribution < -0.4 is 0 Å². The highest BCUT2D eigenvalue weighted by molar-refractivity contribution is 5.99. The number of carbonyl (C=O) groups excluding carboxylic acids is 1. The zero-order chi connectivity index (χ0) is 14.7. The second kappa shape index (κ2) is 5.56. The SMILES string of the molecule is CCOC(=O)c1c(-c2ccccc2[N+](=O)[O-])coc1C. The average Bonchev–Trinajstić information content (AvgIpc) is 2.80. The quantitative estimate of drug-likeness (QED) is 0.485. The number of ether oxygens (including phenoxy) is 1. The molecule has 0 bridgehead atoms. The van der Waals surface area contributed by atoms with Crippen LogP contribution in [-0.4, -0.2) is 17.5 Å². The second-order valence-corrected chi connectivity index (χ2v) is 4.08. The monoisotopic (exact) mass is 275 g/mol. The van der Waals surface area contributed by atoms with Gasteiger partial charge in [-0.25, -0.2) is 4.79 Å². The van der Waals surface area contributed by atoms with Crippen molar-refractivity contribution in [3.63, 3.8) is 0 Å². The van der Waals surface area contributed by atoms with Crippen LogP contribution in [0.5, 0.6) is 0 Å². The van der Waals surface area contributed by atoms with E-state index in [0.717, 1.165) is 0 Å². The van der Waals surface area contributed by atoms with Gasteiger partial charge in [-0.05, 0) is 19.9 Å². The Morgan fingerprint density at radius 1 is 1.35 bits per heavy atom. The Bertz CT molecular complexity index is 659. The van der Waals surface area contributed by atoms with E-state index in [4.69, 9.17) is 9.15 Å². The first kappa shape index (κ1) is 13.8. The molecule has 0 saturated heterocycles. The van der Waals surface area contributed by atoms with E-state index in [9.17, 15) is 14.9 Å². The van der Waals surface area contributed by atoms with Crippen LogP contribution in [0.2, 0.25) is 0 Å². The van der Waals surface area contributed by atoms with E-state index in [0.29, 0.717) is 16.9 Å². The Hall–Kier alpha value is -2.63. The van der Waals surface area contributed by atoms with E-state index in [-0.39, 0.29) is 17.9 Å². The van der Waals surface area contributed by atoms with E-state index >= 15 is 0 Å². The average molecular weight is 275 g/mol. The Morgan fingerprint density at radius 3 is 2.70 bits per heavy atom. The van der Waals surface area contributed by atoms with E-state index < -0.39 is 10.9 Å². The van der Waals surface area contributed by atoms with Gasteiger partial charge in [-0.15, -0.1) is 0 Å². The minimum atomic E-state index is -0.549. The van der Waals surface area contributed by atoms with Crippen molar-refractivity contribution in [1.82, 2.24) is 0 Å². The molecular formula is C14H13NO5. The molecule has 2 aromatic rings. The number of esters is 1. The summed E-state index contributed by atoms with van der Waals surface area (Å²) in [5, 5.41) is 11.1. The maximum Gasteiger partial charge on any atom is 0.342 e. The molecule has 0 unspecified atom stereocenters. The molecule has 0 radical (unpaired) electrons. The number of nitro groups is 1. The van der Waals surface area contributed by atoms with Gasteiger partial charge in [0, 0.05) is 11.6 Å². The molecule has 1 heterocycles. The van der Waals surface area contributed by atoms with Crippen LogP contribution in [0.3, 0.4) is 0 Å². The molecule has 0 aliphatic carbocycles. The summed E-state index contributed by atoms with van der Waals surface area (Å²) < 4.78 is 10.2. The summed E-state index contributed by atoms with van der Waals surface area (Å²) in [4.78, 5) is 22.5. The molecule has 0 saturated carbocycles. The fourth-order valence-electron chi connectivity index (χ4n) is 1.97.